The van der Waals surface area contributed by atoms with E-state index >= 15 is 0 Å². The normalized spacial score (nSPS) is 25.3. The Morgan fingerprint density at radius 1 is 1.22 bits per heavy atom. The molecule has 126 valence electrons. The van der Waals surface area contributed by atoms with Gasteiger partial charge < -0.3 is 9.64 Å². The van der Waals surface area contributed by atoms with Crippen LogP contribution < -0.4 is 0 Å². The minimum Gasteiger partial charge on any atom is -0.444 e. The third-order valence-corrected chi connectivity index (χ3v) is 4.73. The molecular formula is C19H28N2O2. The summed E-state index contributed by atoms with van der Waals surface area (Å²) in [5.41, 5.74) is 0.918. The van der Waals surface area contributed by atoms with Crippen LogP contribution in [0.1, 0.15) is 39.2 Å². The number of piperidine rings is 1. The zero-order valence-corrected chi connectivity index (χ0v) is 14.5. The minimum atomic E-state index is -0.424. The predicted octanol–water partition coefficient (Wildman–Crippen LogP) is 3.52. The standard InChI is InChI=1S/C19H28N2O2/c1-19(2,3)23-18(22)21-11-7-10-16-13-20(14-17(16)21)12-15-8-5-4-6-9-15/h4-6,8-9,16-17H,7,10-14H2,1-3H3/t16-,17-/m0/s1. The topological polar surface area (TPSA) is 32.8 Å². The van der Waals surface area contributed by atoms with Crippen LogP contribution >= 0.6 is 0 Å². The number of fused-ring (bicyclic) bond motifs is 1. The van der Waals surface area contributed by atoms with Gasteiger partial charge in [-0.25, -0.2) is 4.79 Å². The molecule has 2 aliphatic rings. The molecule has 1 aromatic rings. The van der Waals surface area contributed by atoms with Gasteiger partial charge in [0.1, 0.15) is 5.60 Å². The Morgan fingerprint density at radius 2 is 1.96 bits per heavy atom. The molecule has 1 amide bonds. The van der Waals surface area contributed by atoms with Gasteiger partial charge >= 0.3 is 6.09 Å². The number of carbonyl (C=O) groups is 1. The van der Waals surface area contributed by atoms with Crippen LogP contribution in [0, 0.1) is 5.92 Å². The average Bonchev–Trinajstić information content (AvgIpc) is 2.88. The Hall–Kier alpha value is -1.55. The summed E-state index contributed by atoms with van der Waals surface area (Å²) in [6, 6.07) is 10.9. The lowest BCUT2D eigenvalue weighted by atomic mass is 9.92. The summed E-state index contributed by atoms with van der Waals surface area (Å²) in [6.45, 7) is 9.64. The fourth-order valence-corrected chi connectivity index (χ4v) is 3.79. The van der Waals surface area contributed by atoms with Crippen LogP contribution in [0.3, 0.4) is 0 Å². The third kappa shape index (κ3) is 4.05. The molecule has 0 radical (unpaired) electrons. The molecule has 0 spiro atoms. The first kappa shape index (κ1) is 16.3. The van der Waals surface area contributed by atoms with E-state index in [0.717, 1.165) is 32.6 Å². The molecule has 0 saturated carbocycles. The van der Waals surface area contributed by atoms with E-state index in [4.69, 9.17) is 4.74 Å². The summed E-state index contributed by atoms with van der Waals surface area (Å²) < 4.78 is 5.61. The molecule has 0 N–H and O–H groups in total. The van der Waals surface area contributed by atoms with E-state index in [2.05, 4.69) is 35.2 Å². The number of likely N-dealkylation sites (tertiary alicyclic amines) is 2. The van der Waals surface area contributed by atoms with E-state index in [1.54, 1.807) is 0 Å². The summed E-state index contributed by atoms with van der Waals surface area (Å²) in [5, 5.41) is 0. The molecular weight excluding hydrogens is 288 g/mol. The first-order valence-electron chi connectivity index (χ1n) is 8.68. The zero-order valence-electron chi connectivity index (χ0n) is 14.5. The lowest BCUT2D eigenvalue weighted by Gasteiger charge is -2.37. The van der Waals surface area contributed by atoms with Gasteiger partial charge in [-0.05, 0) is 45.1 Å². The van der Waals surface area contributed by atoms with Gasteiger partial charge in [-0.3, -0.25) is 4.90 Å². The van der Waals surface area contributed by atoms with Gasteiger partial charge in [0.05, 0.1) is 6.04 Å². The summed E-state index contributed by atoms with van der Waals surface area (Å²) in [5.74, 6) is 0.583. The SMILES string of the molecule is CC(C)(C)OC(=O)N1CCC[C@H]2CN(Cc3ccccc3)C[C@@H]21. The lowest BCUT2D eigenvalue weighted by molar-refractivity contribution is 0.00621. The van der Waals surface area contributed by atoms with Crippen molar-refractivity contribution in [2.24, 2.45) is 5.92 Å². The number of amides is 1. The largest absolute Gasteiger partial charge is 0.444 e. The molecule has 2 aliphatic heterocycles. The molecule has 3 rings (SSSR count). The summed E-state index contributed by atoms with van der Waals surface area (Å²) >= 11 is 0. The van der Waals surface area contributed by atoms with Gasteiger partial charge in [-0.1, -0.05) is 30.3 Å². The van der Waals surface area contributed by atoms with E-state index in [9.17, 15) is 4.79 Å². The van der Waals surface area contributed by atoms with Gasteiger partial charge in [0.2, 0.25) is 0 Å². The first-order chi connectivity index (χ1) is 10.9. The second-order valence-corrected chi connectivity index (χ2v) is 7.82. The number of benzene rings is 1. The lowest BCUT2D eigenvalue weighted by Crippen LogP contribution is -2.50. The van der Waals surface area contributed by atoms with Crippen molar-refractivity contribution < 1.29 is 9.53 Å². The Morgan fingerprint density at radius 3 is 2.65 bits per heavy atom. The second-order valence-electron chi connectivity index (χ2n) is 7.82. The molecule has 2 fully saturated rings. The van der Waals surface area contributed by atoms with E-state index in [1.165, 1.54) is 12.0 Å². The smallest absolute Gasteiger partial charge is 0.410 e. The fourth-order valence-electron chi connectivity index (χ4n) is 3.79. The highest BCUT2D eigenvalue weighted by atomic mass is 16.6. The van der Waals surface area contributed by atoms with E-state index in [1.807, 2.05) is 25.7 Å². The molecule has 2 heterocycles. The van der Waals surface area contributed by atoms with Gasteiger partial charge in [-0.2, -0.15) is 0 Å². The van der Waals surface area contributed by atoms with Crippen LogP contribution in [0.4, 0.5) is 4.79 Å². The van der Waals surface area contributed by atoms with Crippen LogP contribution in [0.15, 0.2) is 30.3 Å². The Kier molecular flexibility index (Phi) is 4.62. The minimum absolute atomic E-state index is 0.145. The number of hydrogen-bond donors (Lipinski definition) is 0. The van der Waals surface area contributed by atoms with Gasteiger partial charge in [-0.15, -0.1) is 0 Å². The van der Waals surface area contributed by atoms with Gasteiger partial charge in [0.15, 0.2) is 0 Å². The van der Waals surface area contributed by atoms with E-state index in [-0.39, 0.29) is 6.09 Å². The maximum atomic E-state index is 12.5. The van der Waals surface area contributed by atoms with Crippen LogP contribution in [0.2, 0.25) is 0 Å². The molecule has 0 aliphatic carbocycles. The fraction of sp³-hybridized carbons (Fsp3) is 0.632. The van der Waals surface area contributed by atoms with Crippen LogP contribution in [-0.2, 0) is 11.3 Å². The monoisotopic (exact) mass is 316 g/mol. The first-order valence-corrected chi connectivity index (χ1v) is 8.68. The molecule has 4 heteroatoms. The summed E-state index contributed by atoms with van der Waals surface area (Å²) in [6.07, 6.45) is 2.16. The average molecular weight is 316 g/mol. The second kappa shape index (κ2) is 6.52. The summed E-state index contributed by atoms with van der Waals surface area (Å²) in [4.78, 5) is 17.0. The van der Waals surface area contributed by atoms with Crippen molar-refractivity contribution in [1.82, 2.24) is 9.80 Å². The van der Waals surface area contributed by atoms with Gasteiger partial charge in [0.25, 0.3) is 0 Å². The van der Waals surface area contributed by atoms with Crippen molar-refractivity contribution in [2.75, 3.05) is 19.6 Å². The highest BCUT2D eigenvalue weighted by Gasteiger charge is 2.42. The third-order valence-electron chi connectivity index (χ3n) is 4.73. The number of nitrogens with zero attached hydrogens (tertiary/aromatic N) is 2. The number of rotatable bonds is 2. The quantitative estimate of drug-likeness (QED) is 0.837. The van der Waals surface area contributed by atoms with Crippen LogP contribution in [0.5, 0.6) is 0 Å². The maximum Gasteiger partial charge on any atom is 0.410 e. The number of ether oxygens (including phenoxy) is 1. The Balaban J connectivity index is 1.64. The molecule has 1 aromatic carbocycles. The highest BCUT2D eigenvalue weighted by Crippen LogP contribution is 2.32. The molecule has 2 atom stereocenters. The molecule has 0 unspecified atom stereocenters. The summed E-state index contributed by atoms with van der Waals surface area (Å²) in [7, 11) is 0. The zero-order chi connectivity index (χ0) is 16.4. The van der Waals surface area contributed by atoms with Crippen molar-refractivity contribution in [2.45, 2.75) is 51.8 Å². The molecule has 0 bridgehead atoms. The van der Waals surface area contributed by atoms with Gasteiger partial charge in [0, 0.05) is 26.2 Å². The number of carbonyl (C=O) groups excluding carboxylic acids is 1. The van der Waals surface area contributed by atoms with Crippen LogP contribution in [0.25, 0.3) is 0 Å². The van der Waals surface area contributed by atoms with Crippen molar-refractivity contribution >= 4 is 6.09 Å². The Labute approximate surface area is 139 Å². The highest BCUT2D eigenvalue weighted by molar-refractivity contribution is 5.69. The van der Waals surface area contributed by atoms with Crippen molar-refractivity contribution in [1.29, 1.82) is 0 Å². The predicted molar refractivity (Wildman–Crippen MR) is 91.2 cm³/mol. The maximum absolute atomic E-state index is 12.5. The van der Waals surface area contributed by atoms with E-state index in [0.29, 0.717) is 12.0 Å². The molecule has 23 heavy (non-hydrogen) atoms. The Bertz CT molecular complexity index is 538. The van der Waals surface area contributed by atoms with Crippen molar-refractivity contribution in [3.63, 3.8) is 0 Å². The van der Waals surface area contributed by atoms with Crippen LogP contribution in [-0.4, -0.2) is 47.2 Å². The molecule has 0 aromatic heterocycles. The van der Waals surface area contributed by atoms with E-state index < -0.39 is 5.60 Å². The van der Waals surface area contributed by atoms with Crippen molar-refractivity contribution in [3.8, 4) is 0 Å². The molecule has 2 saturated heterocycles. The number of hydrogen-bond acceptors (Lipinski definition) is 3. The molecule has 4 nitrogen and oxygen atoms in total. The van der Waals surface area contributed by atoms with Crippen molar-refractivity contribution in [3.05, 3.63) is 35.9 Å².